The Balaban J connectivity index is 1.39. The van der Waals surface area contributed by atoms with Gasteiger partial charge in [0.1, 0.15) is 6.07 Å². The Morgan fingerprint density at radius 3 is 2.53 bits per heavy atom. The number of aromatic nitrogens is 3. The number of methoxy groups -OCH3 is 1. The Morgan fingerprint density at radius 1 is 1.08 bits per heavy atom. The van der Waals surface area contributed by atoms with Crippen molar-refractivity contribution in [3.8, 4) is 17.5 Å². The normalized spacial score (nSPS) is 20.7. The summed E-state index contributed by atoms with van der Waals surface area (Å²) < 4.78 is 6.56. The second-order valence-electron chi connectivity index (χ2n) is 10.9. The fourth-order valence-corrected chi connectivity index (χ4v) is 5.97. The lowest BCUT2D eigenvalue weighted by atomic mass is 9.79. The monoisotopic (exact) mass is 514 g/mol. The SMILES string of the molecule is COC(=O)NCC1CC(Nc2cc(-c3ccc4cc(C#N)cnn34)ncc2C2CCCCCCCCC2)C1. The van der Waals surface area contributed by atoms with Crippen LogP contribution in [0.5, 0.6) is 0 Å². The number of carbonyl (C=O) groups excluding carboxylic acids is 1. The zero-order valence-electron chi connectivity index (χ0n) is 22.3. The van der Waals surface area contributed by atoms with Gasteiger partial charge in [0.05, 0.1) is 35.8 Å². The van der Waals surface area contributed by atoms with Gasteiger partial charge < -0.3 is 15.4 Å². The molecule has 2 aliphatic carbocycles. The van der Waals surface area contributed by atoms with Crippen LogP contribution in [0.1, 0.15) is 87.7 Å². The van der Waals surface area contributed by atoms with Gasteiger partial charge in [-0.25, -0.2) is 9.31 Å². The highest BCUT2D eigenvalue weighted by Gasteiger charge is 2.30. The van der Waals surface area contributed by atoms with E-state index in [0.29, 0.717) is 30.0 Å². The molecule has 2 saturated carbocycles. The first kappa shape index (κ1) is 26.0. The molecule has 0 spiro atoms. The number of nitrogens with zero attached hydrogens (tertiary/aromatic N) is 4. The molecule has 3 aromatic heterocycles. The molecule has 3 aromatic rings. The fourth-order valence-electron chi connectivity index (χ4n) is 5.97. The van der Waals surface area contributed by atoms with Gasteiger partial charge in [-0.05, 0) is 67.3 Å². The van der Waals surface area contributed by atoms with E-state index in [1.165, 1.54) is 76.1 Å². The number of nitriles is 1. The molecule has 0 saturated heterocycles. The van der Waals surface area contributed by atoms with Gasteiger partial charge in [0.15, 0.2) is 0 Å². The molecule has 0 radical (unpaired) electrons. The summed E-state index contributed by atoms with van der Waals surface area (Å²) in [4.78, 5) is 16.4. The zero-order valence-corrected chi connectivity index (χ0v) is 22.3. The summed E-state index contributed by atoms with van der Waals surface area (Å²) in [6.07, 6.45) is 17.0. The van der Waals surface area contributed by atoms with Crippen LogP contribution >= 0.6 is 0 Å². The third-order valence-electron chi connectivity index (χ3n) is 8.19. The van der Waals surface area contributed by atoms with Crippen LogP contribution in [0.25, 0.3) is 16.9 Å². The summed E-state index contributed by atoms with van der Waals surface area (Å²) in [7, 11) is 1.40. The van der Waals surface area contributed by atoms with E-state index in [1.807, 2.05) is 22.7 Å². The van der Waals surface area contributed by atoms with E-state index in [1.54, 1.807) is 6.20 Å². The van der Waals surface area contributed by atoms with Crippen LogP contribution < -0.4 is 10.6 Å². The lowest BCUT2D eigenvalue weighted by Gasteiger charge is -2.37. The molecule has 3 heterocycles. The van der Waals surface area contributed by atoms with Crippen LogP contribution in [-0.2, 0) is 4.74 Å². The van der Waals surface area contributed by atoms with E-state index in [9.17, 15) is 10.1 Å². The van der Waals surface area contributed by atoms with Gasteiger partial charge >= 0.3 is 6.09 Å². The first-order chi connectivity index (χ1) is 18.6. The van der Waals surface area contributed by atoms with Crippen molar-refractivity contribution in [3.63, 3.8) is 0 Å². The number of hydrogen-bond donors (Lipinski definition) is 2. The van der Waals surface area contributed by atoms with E-state index < -0.39 is 0 Å². The van der Waals surface area contributed by atoms with Crippen molar-refractivity contribution in [2.75, 3.05) is 19.0 Å². The van der Waals surface area contributed by atoms with Crippen molar-refractivity contribution in [3.05, 3.63) is 47.8 Å². The standard InChI is InChI=1S/C30H38N6O2/c1-38-30(37)33-18-21-13-24(14-21)35-27-16-28(29-12-11-25-15-22(17-31)19-34-36(25)29)32-20-26(27)23-9-7-5-3-2-4-6-8-10-23/h11-12,15-16,19-21,23-24H,2-10,13-14,18H2,1H3,(H,32,35)(H,33,37). The van der Waals surface area contributed by atoms with Crippen LogP contribution in [0.4, 0.5) is 10.5 Å². The summed E-state index contributed by atoms with van der Waals surface area (Å²) in [6, 6.07) is 10.6. The molecule has 200 valence electrons. The van der Waals surface area contributed by atoms with Gasteiger partial charge in [-0.15, -0.1) is 0 Å². The molecule has 0 atom stereocenters. The lowest BCUT2D eigenvalue weighted by molar-refractivity contribution is 0.164. The number of amides is 1. The number of carbonyl (C=O) groups is 1. The molecular formula is C30H38N6O2. The number of alkyl carbamates (subject to hydrolysis) is 1. The third kappa shape index (κ3) is 6.09. The number of anilines is 1. The van der Waals surface area contributed by atoms with Crippen molar-refractivity contribution >= 4 is 17.3 Å². The second-order valence-corrected chi connectivity index (χ2v) is 10.9. The molecule has 1 amide bonds. The van der Waals surface area contributed by atoms with Gasteiger partial charge in [-0.3, -0.25) is 4.98 Å². The first-order valence-corrected chi connectivity index (χ1v) is 14.1. The van der Waals surface area contributed by atoms with Crippen LogP contribution in [0, 0.1) is 17.2 Å². The Bertz CT molecular complexity index is 1280. The van der Waals surface area contributed by atoms with Crippen molar-refractivity contribution < 1.29 is 9.53 Å². The molecule has 2 fully saturated rings. The van der Waals surface area contributed by atoms with Crippen LogP contribution in [0.15, 0.2) is 36.7 Å². The second kappa shape index (κ2) is 12.3. The van der Waals surface area contributed by atoms with E-state index in [-0.39, 0.29) is 6.09 Å². The van der Waals surface area contributed by atoms with Crippen LogP contribution in [0.2, 0.25) is 0 Å². The lowest BCUT2D eigenvalue weighted by Crippen LogP contribution is -2.42. The largest absolute Gasteiger partial charge is 0.453 e. The number of ether oxygens (including phenoxy) is 1. The molecule has 5 rings (SSSR count). The fraction of sp³-hybridized carbons (Fsp3) is 0.533. The molecular weight excluding hydrogens is 476 g/mol. The van der Waals surface area contributed by atoms with Crippen molar-refractivity contribution in [2.24, 2.45) is 5.92 Å². The number of pyridine rings is 1. The molecule has 0 bridgehead atoms. The minimum atomic E-state index is -0.367. The highest BCUT2D eigenvalue weighted by molar-refractivity contribution is 5.69. The van der Waals surface area contributed by atoms with Gasteiger partial charge in [0.25, 0.3) is 0 Å². The molecule has 2 N–H and O–H groups in total. The molecule has 2 aliphatic rings. The van der Waals surface area contributed by atoms with Crippen molar-refractivity contribution in [1.29, 1.82) is 5.26 Å². The Labute approximate surface area is 224 Å². The zero-order chi connectivity index (χ0) is 26.3. The summed E-state index contributed by atoms with van der Waals surface area (Å²) in [5.74, 6) is 0.965. The Hall–Kier alpha value is -3.60. The van der Waals surface area contributed by atoms with Crippen LogP contribution in [0.3, 0.4) is 0 Å². The van der Waals surface area contributed by atoms with Gasteiger partial charge in [-0.2, -0.15) is 10.4 Å². The number of rotatable bonds is 6. The van der Waals surface area contributed by atoms with Gasteiger partial charge in [0.2, 0.25) is 0 Å². The van der Waals surface area contributed by atoms with E-state index in [0.717, 1.165) is 29.7 Å². The molecule has 0 aliphatic heterocycles. The van der Waals surface area contributed by atoms with Crippen LogP contribution in [-0.4, -0.2) is 40.4 Å². The smallest absolute Gasteiger partial charge is 0.406 e. The quantitative estimate of drug-likeness (QED) is 0.393. The van der Waals surface area contributed by atoms with Crippen molar-refractivity contribution in [1.82, 2.24) is 19.9 Å². The molecule has 0 aromatic carbocycles. The Morgan fingerprint density at radius 2 is 1.82 bits per heavy atom. The molecule has 8 heteroatoms. The maximum absolute atomic E-state index is 11.4. The molecule has 38 heavy (non-hydrogen) atoms. The molecule has 8 nitrogen and oxygen atoms in total. The number of fused-ring (bicyclic) bond motifs is 1. The maximum atomic E-state index is 11.4. The summed E-state index contributed by atoms with van der Waals surface area (Å²) >= 11 is 0. The van der Waals surface area contributed by atoms with Crippen molar-refractivity contribution in [2.45, 2.75) is 82.6 Å². The third-order valence-corrected chi connectivity index (χ3v) is 8.19. The summed E-state index contributed by atoms with van der Waals surface area (Å²) in [5, 5.41) is 20.4. The average Bonchev–Trinajstić information content (AvgIpc) is 3.35. The molecule has 0 unspecified atom stereocenters. The first-order valence-electron chi connectivity index (χ1n) is 14.1. The topological polar surface area (TPSA) is 104 Å². The van der Waals surface area contributed by atoms with E-state index >= 15 is 0 Å². The van der Waals surface area contributed by atoms with Gasteiger partial charge in [-0.1, -0.05) is 44.9 Å². The maximum Gasteiger partial charge on any atom is 0.406 e. The summed E-state index contributed by atoms with van der Waals surface area (Å²) in [5.41, 5.74) is 5.71. The Kier molecular flexibility index (Phi) is 8.42. The minimum absolute atomic E-state index is 0.367. The number of nitrogens with one attached hydrogen (secondary N) is 2. The summed E-state index contributed by atoms with van der Waals surface area (Å²) in [6.45, 7) is 0.647. The highest BCUT2D eigenvalue weighted by atomic mass is 16.5. The highest BCUT2D eigenvalue weighted by Crippen LogP contribution is 2.38. The average molecular weight is 515 g/mol. The number of hydrogen-bond acceptors (Lipinski definition) is 6. The van der Waals surface area contributed by atoms with E-state index in [4.69, 9.17) is 9.72 Å². The van der Waals surface area contributed by atoms with Gasteiger partial charge in [0, 0.05) is 24.5 Å². The minimum Gasteiger partial charge on any atom is -0.453 e. The predicted molar refractivity (Wildman–Crippen MR) is 148 cm³/mol. The van der Waals surface area contributed by atoms with E-state index in [2.05, 4.69) is 34.1 Å². The predicted octanol–water partition coefficient (Wildman–Crippen LogP) is 6.42.